The average molecular weight is 336 g/mol. The van der Waals surface area contributed by atoms with Crippen LogP contribution in [0, 0.1) is 19.8 Å². The molecule has 2 rings (SSSR count). The fourth-order valence-corrected chi connectivity index (χ4v) is 2.81. The van der Waals surface area contributed by atoms with Gasteiger partial charge in [-0.05, 0) is 25.8 Å². The van der Waals surface area contributed by atoms with E-state index in [0.29, 0.717) is 63.1 Å². The van der Waals surface area contributed by atoms with Crippen molar-refractivity contribution in [1.29, 1.82) is 0 Å². The second-order valence-corrected chi connectivity index (χ2v) is 6.72. The van der Waals surface area contributed by atoms with Crippen LogP contribution in [-0.2, 0) is 9.53 Å². The Hall–Kier alpha value is -1.82. The van der Waals surface area contributed by atoms with Gasteiger partial charge in [-0.2, -0.15) is 0 Å². The highest BCUT2D eigenvalue weighted by molar-refractivity contribution is 5.95. The SMILES string of the molecule is Cc1cc(C(=O)N2CCN(C(=O)CCOCC(C)C)CC2)c(C)o1. The number of hydrogen-bond acceptors (Lipinski definition) is 4. The highest BCUT2D eigenvalue weighted by Crippen LogP contribution is 2.17. The van der Waals surface area contributed by atoms with E-state index in [2.05, 4.69) is 13.8 Å². The summed E-state index contributed by atoms with van der Waals surface area (Å²) in [6.07, 6.45) is 0.403. The maximum atomic E-state index is 12.5. The maximum absolute atomic E-state index is 12.5. The van der Waals surface area contributed by atoms with Gasteiger partial charge in [-0.15, -0.1) is 0 Å². The van der Waals surface area contributed by atoms with Gasteiger partial charge in [-0.1, -0.05) is 13.8 Å². The molecule has 0 spiro atoms. The number of aryl methyl sites for hydroxylation is 2. The van der Waals surface area contributed by atoms with Crippen molar-refractivity contribution in [2.75, 3.05) is 39.4 Å². The smallest absolute Gasteiger partial charge is 0.257 e. The predicted octanol–water partition coefficient (Wildman–Crippen LogP) is 2.24. The lowest BCUT2D eigenvalue weighted by molar-refractivity contribution is -0.133. The summed E-state index contributed by atoms with van der Waals surface area (Å²) >= 11 is 0. The molecule has 134 valence electrons. The standard InChI is InChI=1S/C18H28N2O4/c1-13(2)12-23-10-5-17(21)19-6-8-20(9-7-19)18(22)16-11-14(3)24-15(16)4/h11,13H,5-10,12H2,1-4H3. The van der Waals surface area contributed by atoms with Crippen LogP contribution in [0.4, 0.5) is 0 Å². The topological polar surface area (TPSA) is 63.0 Å². The molecule has 6 heteroatoms. The van der Waals surface area contributed by atoms with Crippen LogP contribution in [0.2, 0.25) is 0 Å². The molecule has 0 aromatic carbocycles. The largest absolute Gasteiger partial charge is 0.466 e. The molecule has 0 aliphatic carbocycles. The van der Waals surface area contributed by atoms with E-state index in [4.69, 9.17) is 9.15 Å². The van der Waals surface area contributed by atoms with Crippen LogP contribution in [0.5, 0.6) is 0 Å². The number of piperazine rings is 1. The molecule has 0 unspecified atom stereocenters. The molecular formula is C18H28N2O4. The summed E-state index contributed by atoms with van der Waals surface area (Å²) in [4.78, 5) is 28.3. The van der Waals surface area contributed by atoms with E-state index >= 15 is 0 Å². The normalized spacial score (nSPS) is 15.2. The van der Waals surface area contributed by atoms with E-state index in [1.165, 1.54) is 0 Å². The molecule has 0 N–H and O–H groups in total. The first-order chi connectivity index (χ1) is 11.4. The highest BCUT2D eigenvalue weighted by atomic mass is 16.5. The second-order valence-electron chi connectivity index (χ2n) is 6.72. The van der Waals surface area contributed by atoms with Gasteiger partial charge in [0.05, 0.1) is 18.6 Å². The Kier molecular flexibility index (Phi) is 6.43. The van der Waals surface area contributed by atoms with E-state index in [-0.39, 0.29) is 11.8 Å². The quantitative estimate of drug-likeness (QED) is 0.748. The number of carbonyl (C=O) groups is 2. The average Bonchev–Trinajstić information content (AvgIpc) is 2.89. The van der Waals surface area contributed by atoms with Gasteiger partial charge < -0.3 is 19.0 Å². The van der Waals surface area contributed by atoms with Crippen molar-refractivity contribution in [2.24, 2.45) is 5.92 Å². The Bertz CT molecular complexity index is 572. The third-order valence-corrected chi connectivity index (χ3v) is 4.10. The molecule has 1 saturated heterocycles. The van der Waals surface area contributed by atoms with Crippen LogP contribution in [0.25, 0.3) is 0 Å². The second kappa shape index (κ2) is 8.33. The minimum atomic E-state index is -0.0169. The lowest BCUT2D eigenvalue weighted by atomic mass is 10.2. The van der Waals surface area contributed by atoms with E-state index in [9.17, 15) is 9.59 Å². The molecule has 1 aliphatic heterocycles. The summed E-state index contributed by atoms with van der Waals surface area (Å²) in [5, 5.41) is 0. The molecule has 6 nitrogen and oxygen atoms in total. The lowest BCUT2D eigenvalue weighted by Gasteiger charge is -2.34. The van der Waals surface area contributed by atoms with Gasteiger partial charge in [0.15, 0.2) is 0 Å². The molecule has 0 saturated carbocycles. The lowest BCUT2D eigenvalue weighted by Crippen LogP contribution is -2.50. The molecule has 1 aromatic rings. The van der Waals surface area contributed by atoms with Gasteiger partial charge in [-0.25, -0.2) is 0 Å². The first-order valence-corrected chi connectivity index (χ1v) is 8.60. The third kappa shape index (κ3) is 4.84. The summed E-state index contributed by atoms with van der Waals surface area (Å²) in [7, 11) is 0. The maximum Gasteiger partial charge on any atom is 0.257 e. The van der Waals surface area contributed by atoms with Gasteiger partial charge in [0.2, 0.25) is 5.91 Å². The van der Waals surface area contributed by atoms with Gasteiger partial charge in [0.25, 0.3) is 5.91 Å². The van der Waals surface area contributed by atoms with Crippen LogP contribution < -0.4 is 0 Å². The van der Waals surface area contributed by atoms with Gasteiger partial charge in [0.1, 0.15) is 11.5 Å². The molecular weight excluding hydrogens is 308 g/mol. The van der Waals surface area contributed by atoms with Gasteiger partial charge >= 0.3 is 0 Å². The molecule has 24 heavy (non-hydrogen) atoms. The zero-order chi connectivity index (χ0) is 17.7. The van der Waals surface area contributed by atoms with E-state index in [1.807, 2.05) is 11.8 Å². The molecule has 0 atom stereocenters. The van der Waals surface area contributed by atoms with Crippen molar-refractivity contribution in [3.05, 3.63) is 23.2 Å². The summed E-state index contributed by atoms with van der Waals surface area (Å²) < 4.78 is 10.9. The number of hydrogen-bond donors (Lipinski definition) is 0. The number of amides is 2. The number of furan rings is 1. The molecule has 2 heterocycles. The molecule has 1 fully saturated rings. The van der Waals surface area contributed by atoms with E-state index < -0.39 is 0 Å². The third-order valence-electron chi connectivity index (χ3n) is 4.10. The summed E-state index contributed by atoms with van der Waals surface area (Å²) in [5.41, 5.74) is 0.620. The Balaban J connectivity index is 1.77. The van der Waals surface area contributed by atoms with Crippen molar-refractivity contribution >= 4 is 11.8 Å². The first kappa shape index (κ1) is 18.5. The van der Waals surface area contributed by atoms with Crippen molar-refractivity contribution in [1.82, 2.24) is 9.80 Å². The zero-order valence-electron chi connectivity index (χ0n) is 15.1. The minimum Gasteiger partial charge on any atom is -0.466 e. The summed E-state index contributed by atoms with van der Waals surface area (Å²) in [6.45, 7) is 11.2. The highest BCUT2D eigenvalue weighted by Gasteiger charge is 2.26. The summed E-state index contributed by atoms with van der Waals surface area (Å²) in [6, 6.07) is 1.78. The molecule has 1 aliphatic rings. The molecule has 2 amide bonds. The Morgan fingerprint density at radius 3 is 2.33 bits per heavy atom. The van der Waals surface area contributed by atoms with Crippen LogP contribution in [0.1, 0.15) is 42.1 Å². The van der Waals surface area contributed by atoms with Gasteiger partial charge in [-0.3, -0.25) is 9.59 Å². The number of ether oxygens (including phenoxy) is 1. The summed E-state index contributed by atoms with van der Waals surface area (Å²) in [5.74, 6) is 1.95. The zero-order valence-corrected chi connectivity index (χ0v) is 15.1. The van der Waals surface area contributed by atoms with Crippen molar-refractivity contribution in [3.8, 4) is 0 Å². The van der Waals surface area contributed by atoms with E-state index in [0.717, 1.165) is 5.76 Å². The Morgan fingerprint density at radius 1 is 1.17 bits per heavy atom. The van der Waals surface area contributed by atoms with Crippen molar-refractivity contribution < 1.29 is 18.7 Å². The first-order valence-electron chi connectivity index (χ1n) is 8.60. The number of nitrogens with zero attached hydrogens (tertiary/aromatic N) is 2. The fourth-order valence-electron chi connectivity index (χ4n) is 2.81. The molecule has 0 bridgehead atoms. The molecule has 1 aromatic heterocycles. The van der Waals surface area contributed by atoms with E-state index in [1.54, 1.807) is 17.9 Å². The van der Waals surface area contributed by atoms with Crippen molar-refractivity contribution in [2.45, 2.75) is 34.1 Å². The monoisotopic (exact) mass is 336 g/mol. The van der Waals surface area contributed by atoms with Crippen LogP contribution in [0.15, 0.2) is 10.5 Å². The Morgan fingerprint density at radius 2 is 1.79 bits per heavy atom. The minimum absolute atomic E-state index is 0.0169. The van der Waals surface area contributed by atoms with Gasteiger partial charge in [0, 0.05) is 32.8 Å². The van der Waals surface area contributed by atoms with Crippen molar-refractivity contribution in [3.63, 3.8) is 0 Å². The van der Waals surface area contributed by atoms with Crippen LogP contribution >= 0.6 is 0 Å². The van der Waals surface area contributed by atoms with Crippen LogP contribution in [0.3, 0.4) is 0 Å². The molecule has 0 radical (unpaired) electrons. The predicted molar refractivity (Wildman–Crippen MR) is 90.9 cm³/mol. The Labute approximate surface area is 143 Å². The van der Waals surface area contributed by atoms with Crippen LogP contribution in [-0.4, -0.2) is 61.0 Å². The number of carbonyl (C=O) groups excluding carboxylic acids is 2. The number of rotatable bonds is 6. The fraction of sp³-hybridized carbons (Fsp3) is 0.667.